The number of hydrogen-bond donors (Lipinski definition) is 1. The highest BCUT2D eigenvalue weighted by Gasteiger charge is 2.12. The van der Waals surface area contributed by atoms with E-state index in [4.69, 9.17) is 4.74 Å². The van der Waals surface area contributed by atoms with Crippen molar-refractivity contribution in [3.8, 4) is 11.8 Å². The fourth-order valence-corrected chi connectivity index (χ4v) is 2.28. The van der Waals surface area contributed by atoms with E-state index < -0.39 is 5.91 Å². The fourth-order valence-electron chi connectivity index (χ4n) is 2.28. The number of hydrogen-bond acceptors (Lipinski definition) is 5. The van der Waals surface area contributed by atoms with Gasteiger partial charge in [-0.3, -0.25) is 9.78 Å². The summed E-state index contributed by atoms with van der Waals surface area (Å²) in [5, 5.41) is 12.0. The Bertz CT molecular complexity index is 1010. The first-order chi connectivity index (χ1) is 12.2. The van der Waals surface area contributed by atoms with E-state index in [1.807, 2.05) is 30.3 Å². The molecular weight excluding hydrogens is 316 g/mol. The molecule has 3 aromatic rings. The smallest absolute Gasteiger partial charge is 0.266 e. The van der Waals surface area contributed by atoms with Gasteiger partial charge in [-0.15, -0.1) is 0 Å². The Morgan fingerprint density at radius 1 is 1.16 bits per heavy atom. The van der Waals surface area contributed by atoms with Gasteiger partial charge in [-0.25, -0.2) is 4.98 Å². The number of rotatable bonds is 4. The predicted octanol–water partition coefficient (Wildman–Crippen LogP) is 3.18. The van der Waals surface area contributed by atoms with Crippen LogP contribution in [0.2, 0.25) is 0 Å². The van der Waals surface area contributed by atoms with Gasteiger partial charge in [0.15, 0.2) is 0 Å². The Morgan fingerprint density at radius 3 is 2.64 bits per heavy atom. The molecule has 0 fully saturated rings. The zero-order chi connectivity index (χ0) is 17.6. The molecule has 2 aromatic carbocycles. The fraction of sp³-hybridized carbons (Fsp3) is 0.0526. The van der Waals surface area contributed by atoms with E-state index in [2.05, 4.69) is 15.3 Å². The first-order valence-corrected chi connectivity index (χ1v) is 7.49. The second-order valence-corrected chi connectivity index (χ2v) is 5.11. The summed E-state index contributed by atoms with van der Waals surface area (Å²) in [5.74, 6) is -0.0272. The molecule has 1 N–H and O–H groups in total. The van der Waals surface area contributed by atoms with E-state index in [-0.39, 0.29) is 5.57 Å². The molecule has 0 spiro atoms. The summed E-state index contributed by atoms with van der Waals surface area (Å²) in [6.07, 6.45) is 2.93. The average Bonchev–Trinajstić information content (AvgIpc) is 2.66. The van der Waals surface area contributed by atoms with Crippen LogP contribution in [-0.2, 0) is 4.79 Å². The Balaban J connectivity index is 1.88. The number of para-hydroxylation sites is 4. The molecule has 0 aliphatic carbocycles. The molecule has 6 nitrogen and oxygen atoms in total. The van der Waals surface area contributed by atoms with Crippen molar-refractivity contribution >= 4 is 28.7 Å². The van der Waals surface area contributed by atoms with E-state index in [9.17, 15) is 10.1 Å². The van der Waals surface area contributed by atoms with Crippen LogP contribution in [-0.4, -0.2) is 23.0 Å². The van der Waals surface area contributed by atoms with Crippen molar-refractivity contribution < 1.29 is 9.53 Å². The highest BCUT2D eigenvalue weighted by atomic mass is 16.5. The van der Waals surface area contributed by atoms with Crippen molar-refractivity contribution in [1.29, 1.82) is 5.26 Å². The number of ether oxygens (including phenoxy) is 1. The third-order valence-corrected chi connectivity index (χ3v) is 3.48. The monoisotopic (exact) mass is 330 g/mol. The van der Waals surface area contributed by atoms with E-state index in [0.29, 0.717) is 22.6 Å². The minimum atomic E-state index is -0.540. The topological polar surface area (TPSA) is 87.9 Å². The largest absolute Gasteiger partial charge is 0.495 e. The first-order valence-electron chi connectivity index (χ1n) is 7.49. The van der Waals surface area contributed by atoms with E-state index in [1.54, 1.807) is 24.3 Å². The molecule has 0 unspecified atom stereocenters. The summed E-state index contributed by atoms with van der Waals surface area (Å²) in [4.78, 5) is 21.0. The molecule has 0 aliphatic heterocycles. The molecule has 0 atom stereocenters. The predicted molar refractivity (Wildman–Crippen MR) is 94.8 cm³/mol. The lowest BCUT2D eigenvalue weighted by atomic mass is 10.2. The number of methoxy groups -OCH3 is 1. The van der Waals surface area contributed by atoms with Crippen LogP contribution >= 0.6 is 0 Å². The number of nitrogens with one attached hydrogen (secondary N) is 1. The van der Waals surface area contributed by atoms with Crippen molar-refractivity contribution in [2.24, 2.45) is 0 Å². The van der Waals surface area contributed by atoms with Crippen LogP contribution in [0.1, 0.15) is 5.69 Å². The summed E-state index contributed by atoms with van der Waals surface area (Å²) in [5.41, 5.74) is 2.29. The number of amides is 1. The van der Waals surface area contributed by atoms with E-state index >= 15 is 0 Å². The van der Waals surface area contributed by atoms with Crippen LogP contribution in [0.15, 0.2) is 60.3 Å². The minimum absolute atomic E-state index is 0.0736. The highest BCUT2D eigenvalue weighted by Crippen LogP contribution is 2.23. The number of fused-ring (bicyclic) bond motifs is 1. The van der Waals surface area contributed by atoms with Crippen molar-refractivity contribution in [3.63, 3.8) is 0 Å². The van der Waals surface area contributed by atoms with Gasteiger partial charge in [-0.05, 0) is 30.3 Å². The maximum atomic E-state index is 12.4. The normalized spacial score (nSPS) is 11.0. The summed E-state index contributed by atoms with van der Waals surface area (Å²) in [6, 6.07) is 16.3. The molecule has 3 rings (SSSR count). The lowest BCUT2D eigenvalue weighted by molar-refractivity contribution is -0.112. The van der Waals surface area contributed by atoms with Crippen molar-refractivity contribution in [2.45, 2.75) is 0 Å². The molecule has 1 aromatic heterocycles. The number of nitrogens with zero attached hydrogens (tertiary/aromatic N) is 3. The SMILES string of the molecule is COc1ccccc1NC(=O)/C(C#N)=C/c1cnc2ccccc2n1. The maximum absolute atomic E-state index is 12.4. The molecular formula is C19H14N4O2. The summed E-state index contributed by atoms with van der Waals surface area (Å²) < 4.78 is 5.19. The van der Waals surface area contributed by atoms with Crippen molar-refractivity contribution in [2.75, 3.05) is 12.4 Å². The van der Waals surface area contributed by atoms with Gasteiger partial charge in [-0.2, -0.15) is 5.26 Å². The van der Waals surface area contributed by atoms with Crippen LogP contribution in [0, 0.1) is 11.3 Å². The Hall–Kier alpha value is -3.72. The van der Waals surface area contributed by atoms with Gasteiger partial charge in [0.25, 0.3) is 5.91 Å². The van der Waals surface area contributed by atoms with Gasteiger partial charge in [0.2, 0.25) is 0 Å². The van der Waals surface area contributed by atoms with Gasteiger partial charge < -0.3 is 10.1 Å². The van der Waals surface area contributed by atoms with Gasteiger partial charge in [0.1, 0.15) is 17.4 Å². The van der Waals surface area contributed by atoms with Crippen LogP contribution in [0.25, 0.3) is 17.1 Å². The molecule has 25 heavy (non-hydrogen) atoms. The van der Waals surface area contributed by atoms with Gasteiger partial charge >= 0.3 is 0 Å². The lowest BCUT2D eigenvalue weighted by Gasteiger charge is -2.09. The summed E-state index contributed by atoms with van der Waals surface area (Å²) in [7, 11) is 1.51. The number of carbonyl (C=O) groups excluding carboxylic acids is 1. The zero-order valence-corrected chi connectivity index (χ0v) is 13.4. The lowest BCUT2D eigenvalue weighted by Crippen LogP contribution is -2.14. The van der Waals surface area contributed by atoms with E-state index in [0.717, 1.165) is 5.52 Å². The molecule has 0 radical (unpaired) electrons. The summed E-state index contributed by atoms with van der Waals surface area (Å²) >= 11 is 0. The number of nitriles is 1. The Labute approximate surface area is 144 Å². The van der Waals surface area contributed by atoms with Crippen LogP contribution in [0.4, 0.5) is 5.69 Å². The van der Waals surface area contributed by atoms with Gasteiger partial charge in [0, 0.05) is 0 Å². The maximum Gasteiger partial charge on any atom is 0.266 e. The highest BCUT2D eigenvalue weighted by molar-refractivity contribution is 6.10. The molecule has 1 heterocycles. The number of carbonyl (C=O) groups is 1. The molecule has 1 amide bonds. The number of benzene rings is 2. The molecule has 6 heteroatoms. The van der Waals surface area contributed by atoms with Crippen LogP contribution < -0.4 is 10.1 Å². The molecule has 0 bridgehead atoms. The van der Waals surface area contributed by atoms with E-state index in [1.165, 1.54) is 19.4 Å². The minimum Gasteiger partial charge on any atom is -0.495 e. The molecule has 0 saturated heterocycles. The second-order valence-electron chi connectivity index (χ2n) is 5.11. The van der Waals surface area contributed by atoms with Crippen LogP contribution in [0.3, 0.4) is 0 Å². The first kappa shape index (κ1) is 16.1. The Morgan fingerprint density at radius 2 is 1.88 bits per heavy atom. The molecule has 122 valence electrons. The van der Waals surface area contributed by atoms with Gasteiger partial charge in [-0.1, -0.05) is 24.3 Å². The van der Waals surface area contributed by atoms with Gasteiger partial charge in [0.05, 0.1) is 35.7 Å². The van der Waals surface area contributed by atoms with Crippen molar-refractivity contribution in [3.05, 3.63) is 66.0 Å². The second kappa shape index (κ2) is 7.23. The molecule has 0 saturated carbocycles. The third kappa shape index (κ3) is 3.62. The zero-order valence-electron chi connectivity index (χ0n) is 13.4. The number of anilines is 1. The average molecular weight is 330 g/mol. The Kier molecular flexibility index (Phi) is 4.67. The third-order valence-electron chi connectivity index (χ3n) is 3.48. The van der Waals surface area contributed by atoms with Crippen LogP contribution in [0.5, 0.6) is 5.75 Å². The standard InChI is InChI=1S/C19H14N4O2/c1-25-18-9-5-4-8-17(18)23-19(24)13(11-20)10-14-12-21-15-6-2-3-7-16(15)22-14/h2-10,12H,1H3,(H,23,24)/b13-10+. The summed E-state index contributed by atoms with van der Waals surface area (Å²) in [6.45, 7) is 0. The van der Waals surface area contributed by atoms with Crippen molar-refractivity contribution in [1.82, 2.24) is 9.97 Å². The molecule has 0 aliphatic rings. The quantitative estimate of drug-likeness (QED) is 0.586. The number of aromatic nitrogens is 2.